The van der Waals surface area contributed by atoms with E-state index in [2.05, 4.69) is 34.1 Å². The fourth-order valence-corrected chi connectivity index (χ4v) is 5.64. The van der Waals surface area contributed by atoms with Crippen LogP contribution in [0.25, 0.3) is 0 Å². The summed E-state index contributed by atoms with van der Waals surface area (Å²) in [4.78, 5) is 5.23. The molecule has 2 saturated heterocycles. The zero-order valence-corrected chi connectivity index (χ0v) is 19.0. The quantitative estimate of drug-likeness (QED) is 0.646. The first kappa shape index (κ1) is 22.0. The molecule has 0 saturated carbocycles. The fraction of sp³-hybridized carbons (Fsp3) is 0.556. The number of benzene rings is 2. The number of rotatable bonds is 7. The molecule has 2 fully saturated rings. The molecule has 2 heterocycles. The third-order valence-electron chi connectivity index (χ3n) is 7.45. The predicted molar refractivity (Wildman–Crippen MR) is 124 cm³/mol. The molecule has 5 rings (SSSR count). The van der Waals surface area contributed by atoms with E-state index in [0.29, 0.717) is 13.2 Å². The number of nitrogens with zero attached hydrogens (tertiary/aromatic N) is 2. The average molecular weight is 439 g/mol. The van der Waals surface area contributed by atoms with Gasteiger partial charge in [0, 0.05) is 44.7 Å². The lowest BCUT2D eigenvalue weighted by atomic mass is 9.83. The summed E-state index contributed by atoms with van der Waals surface area (Å²) in [5, 5.41) is 0. The van der Waals surface area contributed by atoms with Gasteiger partial charge in [-0.25, -0.2) is 4.39 Å². The van der Waals surface area contributed by atoms with Crippen molar-refractivity contribution in [3.05, 3.63) is 71.0 Å². The molecule has 172 valence electrons. The molecule has 4 nitrogen and oxygen atoms in total. The molecule has 2 aromatic carbocycles. The highest BCUT2D eigenvalue weighted by Gasteiger charge is 2.38. The SMILES string of the molecule is Fc1ccc(C2(CCCN3CCN(CC4CCc5ccccc5C4)CC3)OCCO2)cc1. The Balaban J connectivity index is 1.06. The summed E-state index contributed by atoms with van der Waals surface area (Å²) in [5.41, 5.74) is 4.05. The zero-order chi connectivity index (χ0) is 21.8. The summed E-state index contributed by atoms with van der Waals surface area (Å²) in [6, 6.07) is 15.5. The van der Waals surface area contributed by atoms with Gasteiger partial charge in [-0.15, -0.1) is 0 Å². The standard InChI is InChI=1S/C27H35FN2O2/c28-26-10-8-25(9-11-26)27(31-18-19-32-27)12-3-13-29-14-16-30(17-15-29)21-22-6-7-23-4-1-2-5-24(23)20-22/h1-2,4-5,8-11,22H,3,6-7,12-21H2. The van der Waals surface area contributed by atoms with Gasteiger partial charge in [-0.2, -0.15) is 0 Å². The maximum Gasteiger partial charge on any atom is 0.195 e. The maximum atomic E-state index is 13.3. The Morgan fingerprint density at radius 1 is 0.875 bits per heavy atom. The fourth-order valence-electron chi connectivity index (χ4n) is 5.64. The molecular formula is C27H35FN2O2. The Morgan fingerprint density at radius 2 is 1.56 bits per heavy atom. The highest BCUT2D eigenvalue weighted by atomic mass is 19.1. The van der Waals surface area contributed by atoms with Gasteiger partial charge in [0.25, 0.3) is 0 Å². The molecule has 1 aliphatic carbocycles. The van der Waals surface area contributed by atoms with E-state index < -0.39 is 5.79 Å². The zero-order valence-electron chi connectivity index (χ0n) is 19.0. The molecule has 5 heteroatoms. The highest BCUT2D eigenvalue weighted by Crippen LogP contribution is 2.36. The van der Waals surface area contributed by atoms with Gasteiger partial charge in [-0.05, 0) is 61.4 Å². The molecule has 32 heavy (non-hydrogen) atoms. The van der Waals surface area contributed by atoms with Gasteiger partial charge in [-0.3, -0.25) is 0 Å². The molecule has 3 aliphatic rings. The first-order chi connectivity index (χ1) is 15.7. The van der Waals surface area contributed by atoms with E-state index in [1.165, 1.54) is 37.9 Å². The first-order valence-electron chi connectivity index (χ1n) is 12.3. The van der Waals surface area contributed by atoms with E-state index >= 15 is 0 Å². The molecule has 0 bridgehead atoms. The Morgan fingerprint density at radius 3 is 2.31 bits per heavy atom. The van der Waals surface area contributed by atoms with E-state index in [4.69, 9.17) is 9.47 Å². The van der Waals surface area contributed by atoms with Crippen LogP contribution in [0.2, 0.25) is 0 Å². The molecule has 0 amide bonds. The predicted octanol–water partition coefficient (Wildman–Crippen LogP) is 4.23. The molecule has 2 aromatic rings. The van der Waals surface area contributed by atoms with Crippen LogP contribution in [-0.2, 0) is 28.1 Å². The summed E-state index contributed by atoms with van der Waals surface area (Å²) < 4.78 is 25.4. The maximum absolute atomic E-state index is 13.3. The minimum Gasteiger partial charge on any atom is -0.343 e. The minimum absolute atomic E-state index is 0.225. The van der Waals surface area contributed by atoms with Gasteiger partial charge in [0.15, 0.2) is 5.79 Å². The molecule has 0 radical (unpaired) electrons. The van der Waals surface area contributed by atoms with Crippen molar-refractivity contribution in [2.45, 2.75) is 37.9 Å². The van der Waals surface area contributed by atoms with Crippen LogP contribution in [0.4, 0.5) is 4.39 Å². The monoisotopic (exact) mass is 438 g/mol. The van der Waals surface area contributed by atoms with Crippen LogP contribution >= 0.6 is 0 Å². The topological polar surface area (TPSA) is 24.9 Å². The van der Waals surface area contributed by atoms with Crippen LogP contribution in [0, 0.1) is 11.7 Å². The van der Waals surface area contributed by atoms with E-state index in [1.807, 2.05) is 0 Å². The summed E-state index contributed by atoms with van der Waals surface area (Å²) in [5.74, 6) is -0.131. The molecule has 1 unspecified atom stereocenters. The first-order valence-corrected chi connectivity index (χ1v) is 12.3. The lowest BCUT2D eigenvalue weighted by Gasteiger charge is -2.38. The van der Waals surface area contributed by atoms with Gasteiger partial charge in [-0.1, -0.05) is 36.4 Å². The van der Waals surface area contributed by atoms with Gasteiger partial charge in [0.05, 0.1) is 13.2 Å². The summed E-state index contributed by atoms with van der Waals surface area (Å²) in [6.07, 6.45) is 5.61. The summed E-state index contributed by atoms with van der Waals surface area (Å²) >= 11 is 0. The van der Waals surface area contributed by atoms with Crippen molar-refractivity contribution in [1.82, 2.24) is 9.80 Å². The smallest absolute Gasteiger partial charge is 0.195 e. The van der Waals surface area contributed by atoms with E-state index in [0.717, 1.165) is 57.0 Å². The third kappa shape index (κ3) is 5.07. The number of hydrogen-bond donors (Lipinski definition) is 0. The lowest BCUT2D eigenvalue weighted by molar-refractivity contribution is -0.172. The van der Waals surface area contributed by atoms with Crippen molar-refractivity contribution in [3.8, 4) is 0 Å². The number of halogens is 1. The molecule has 0 aromatic heterocycles. The Kier molecular flexibility index (Phi) is 6.88. The molecule has 1 atom stereocenters. The second kappa shape index (κ2) is 10.0. The number of fused-ring (bicyclic) bond motifs is 1. The van der Waals surface area contributed by atoms with Gasteiger partial charge < -0.3 is 19.3 Å². The second-order valence-corrected chi connectivity index (χ2v) is 9.58. The normalized spacial score (nSPS) is 23.8. The average Bonchev–Trinajstić information content (AvgIpc) is 3.30. The van der Waals surface area contributed by atoms with Crippen molar-refractivity contribution in [2.75, 3.05) is 52.5 Å². The van der Waals surface area contributed by atoms with Gasteiger partial charge >= 0.3 is 0 Å². The number of piperazine rings is 1. The Labute approximate surface area is 191 Å². The van der Waals surface area contributed by atoms with E-state index in [1.54, 1.807) is 23.3 Å². The van der Waals surface area contributed by atoms with Crippen molar-refractivity contribution in [1.29, 1.82) is 0 Å². The molecule has 0 N–H and O–H groups in total. The Hall–Kier alpha value is -1.79. The van der Waals surface area contributed by atoms with E-state index in [9.17, 15) is 4.39 Å². The van der Waals surface area contributed by atoms with Gasteiger partial charge in [0.2, 0.25) is 0 Å². The Bertz CT molecular complexity index is 873. The van der Waals surface area contributed by atoms with Crippen LogP contribution in [0.1, 0.15) is 36.0 Å². The molecular weight excluding hydrogens is 403 g/mol. The van der Waals surface area contributed by atoms with Crippen LogP contribution in [-0.4, -0.2) is 62.3 Å². The molecule has 2 aliphatic heterocycles. The number of aryl methyl sites for hydroxylation is 1. The second-order valence-electron chi connectivity index (χ2n) is 9.58. The largest absolute Gasteiger partial charge is 0.343 e. The van der Waals surface area contributed by atoms with Crippen LogP contribution in [0.5, 0.6) is 0 Å². The lowest BCUT2D eigenvalue weighted by Crippen LogP contribution is -2.48. The summed E-state index contributed by atoms with van der Waals surface area (Å²) in [7, 11) is 0. The minimum atomic E-state index is -0.702. The molecule has 0 spiro atoms. The third-order valence-corrected chi connectivity index (χ3v) is 7.45. The number of hydrogen-bond acceptors (Lipinski definition) is 4. The summed E-state index contributed by atoms with van der Waals surface area (Å²) in [6.45, 7) is 8.08. The van der Waals surface area contributed by atoms with E-state index in [-0.39, 0.29) is 5.82 Å². The highest BCUT2D eigenvalue weighted by molar-refractivity contribution is 5.29. The van der Waals surface area contributed by atoms with Crippen molar-refractivity contribution < 1.29 is 13.9 Å². The van der Waals surface area contributed by atoms with Gasteiger partial charge in [0.1, 0.15) is 5.82 Å². The van der Waals surface area contributed by atoms with Crippen molar-refractivity contribution >= 4 is 0 Å². The van der Waals surface area contributed by atoms with Crippen molar-refractivity contribution in [2.24, 2.45) is 5.92 Å². The van der Waals surface area contributed by atoms with Crippen LogP contribution in [0.15, 0.2) is 48.5 Å². The van der Waals surface area contributed by atoms with Crippen LogP contribution < -0.4 is 0 Å². The number of ether oxygens (including phenoxy) is 2. The van der Waals surface area contributed by atoms with Crippen molar-refractivity contribution in [3.63, 3.8) is 0 Å². The van der Waals surface area contributed by atoms with Crippen LogP contribution in [0.3, 0.4) is 0 Å².